The van der Waals surface area contributed by atoms with E-state index in [0.717, 1.165) is 47.6 Å². The maximum absolute atomic E-state index is 3.02. The van der Waals surface area contributed by atoms with Crippen molar-refractivity contribution in [1.29, 1.82) is 0 Å². The number of aryl methyl sites for hydroxylation is 5. The highest BCUT2D eigenvalue weighted by Gasteiger charge is 2.68. The molecule has 4 aliphatic carbocycles. The SMILES string of the molecule is CC1C(c2cccc[n+]2C)C2(C)CCN1c1ccccc12.CC1CC2(C)CCN1C(C)C2c1cccc[n+]1C.CC1N2CC3CC(C2)CC1(c1cccc[n+]1C)C3.CC1N2CC3CC(CC1(c1cccc[n+]1C)C3)C2(C)C.CC1N2CC3CC(CC1(c1cccc[n+]1C)C3)C21CCCCC1. The first-order valence-electron chi connectivity index (χ1n) is 40.6. The minimum atomic E-state index is 0.240. The van der Waals surface area contributed by atoms with E-state index < -0.39 is 0 Å². The number of para-hydroxylation sites is 1. The first-order valence-corrected chi connectivity index (χ1v) is 40.6. The Hall–Kier alpha value is -5.39. The monoisotopic (exact) mass is 1350 g/mol. The third-order valence-corrected chi connectivity index (χ3v) is 32.2. The fraction of sp³-hybridized carbons (Fsp3) is 0.656. The zero-order valence-electron chi connectivity index (χ0n) is 64.7. The average molecular weight is 1350 g/mol. The molecular weight excluding hydrogens is 1220 g/mol. The molecule has 0 N–H and O–H groups in total. The lowest BCUT2D eigenvalue weighted by atomic mass is 9.47. The minimum Gasteiger partial charge on any atom is -0.368 e. The highest BCUT2D eigenvalue weighted by molar-refractivity contribution is 5.64. The Bertz CT molecular complexity index is 3950. The van der Waals surface area contributed by atoms with Gasteiger partial charge in [0.1, 0.15) is 35.2 Å². The number of aromatic nitrogens is 5. The predicted molar refractivity (Wildman–Crippen MR) is 403 cm³/mol. The smallest absolute Gasteiger partial charge is 0.188 e. The first kappa shape index (κ1) is 69.0. The quantitative estimate of drug-likeness (QED) is 0.161. The van der Waals surface area contributed by atoms with Crippen molar-refractivity contribution in [3.05, 3.63) is 180 Å². The summed E-state index contributed by atoms with van der Waals surface area (Å²) in [5.41, 5.74) is 13.6. The van der Waals surface area contributed by atoms with Crippen LogP contribution in [-0.2, 0) is 56.9 Å². The van der Waals surface area contributed by atoms with Crippen LogP contribution < -0.4 is 27.7 Å². The summed E-state index contributed by atoms with van der Waals surface area (Å²) in [5.74, 6) is 6.80. The Morgan fingerprint density at radius 2 is 0.870 bits per heavy atom. The van der Waals surface area contributed by atoms with Gasteiger partial charge < -0.3 is 4.90 Å². The highest BCUT2D eigenvalue weighted by Crippen LogP contribution is 2.65. The number of hydrogen-bond donors (Lipinski definition) is 0. The summed E-state index contributed by atoms with van der Waals surface area (Å²) in [6.07, 6.45) is 35.3. The molecule has 21 unspecified atom stereocenters. The summed E-state index contributed by atoms with van der Waals surface area (Å²) in [6, 6.07) is 46.6. The van der Waals surface area contributed by atoms with E-state index in [-0.39, 0.29) is 5.41 Å². The molecule has 4 saturated carbocycles. The molecule has 20 heterocycles. The topological polar surface area (TPSA) is 35.6 Å². The van der Waals surface area contributed by atoms with E-state index in [1.54, 1.807) is 17.1 Å². The number of benzene rings is 1. The fourth-order valence-electron chi connectivity index (χ4n) is 27.7. The molecule has 1 aromatic carbocycles. The zero-order valence-corrected chi connectivity index (χ0v) is 64.7. The third-order valence-electron chi connectivity index (χ3n) is 32.2. The molecule has 17 fully saturated rings. The Kier molecular flexibility index (Phi) is 17.8. The van der Waals surface area contributed by atoms with Gasteiger partial charge >= 0.3 is 0 Å². The van der Waals surface area contributed by atoms with E-state index in [4.69, 9.17) is 0 Å². The van der Waals surface area contributed by atoms with Crippen molar-refractivity contribution in [2.75, 3.05) is 44.2 Å². The van der Waals surface area contributed by atoms with Gasteiger partial charge in [-0.3, -0.25) is 19.6 Å². The van der Waals surface area contributed by atoms with Gasteiger partial charge in [0.2, 0.25) is 0 Å². The first-order chi connectivity index (χ1) is 47.9. The van der Waals surface area contributed by atoms with Gasteiger partial charge in [-0.25, -0.2) is 22.8 Å². The molecule has 10 heteroatoms. The lowest BCUT2D eigenvalue weighted by molar-refractivity contribution is -0.684. The van der Waals surface area contributed by atoms with Gasteiger partial charge in [0.25, 0.3) is 0 Å². The van der Waals surface area contributed by atoms with Crippen LogP contribution in [0.3, 0.4) is 0 Å². The number of hydrogen-bond acceptors (Lipinski definition) is 5. The largest absolute Gasteiger partial charge is 0.368 e. The molecule has 100 heavy (non-hydrogen) atoms. The van der Waals surface area contributed by atoms with Crippen LogP contribution in [0, 0.1) is 40.9 Å². The van der Waals surface area contributed by atoms with Crippen molar-refractivity contribution in [3.8, 4) is 0 Å². The van der Waals surface area contributed by atoms with Crippen molar-refractivity contribution in [3.63, 3.8) is 0 Å². The lowest BCUT2D eigenvalue weighted by Crippen LogP contribution is -2.76. The van der Waals surface area contributed by atoms with E-state index in [2.05, 4.69) is 298 Å². The van der Waals surface area contributed by atoms with Gasteiger partial charge in [0.05, 0.1) is 28.1 Å². The molecular formula is C90H129N10+5. The summed E-state index contributed by atoms with van der Waals surface area (Å²) < 4.78 is 11.8. The van der Waals surface area contributed by atoms with Crippen molar-refractivity contribution in [2.45, 2.75) is 259 Å². The summed E-state index contributed by atoms with van der Waals surface area (Å²) in [7, 11) is 11.1. The Labute approximate surface area is 604 Å². The van der Waals surface area contributed by atoms with Gasteiger partial charge in [-0.05, 0) is 204 Å². The lowest BCUT2D eigenvalue weighted by Gasteiger charge is -2.70. The Morgan fingerprint density at radius 1 is 0.400 bits per heavy atom. The molecule has 13 saturated heterocycles. The third kappa shape index (κ3) is 10.9. The van der Waals surface area contributed by atoms with Gasteiger partial charge in [-0.2, -0.15) is 0 Å². The van der Waals surface area contributed by atoms with E-state index in [1.807, 2.05) is 0 Å². The zero-order chi connectivity index (χ0) is 69.6. The Morgan fingerprint density at radius 3 is 1.41 bits per heavy atom. The standard InChI is InChI=1S/C21H31N2.C19H23N2.C18H27N2.C16H23N2.C16H25N2/c1-16-20(19-8-4-7-11-22(19)2)13-17-12-18(14-20)21(23(16)15-17)9-5-3-6-10-21;1-14-18(17-10-6-7-12-20(17)3)19(2)11-13-21(14)16-9-5-4-8-15(16)19;1-13-18(16-7-5-6-8-19(16)4)10-14-9-15(11-18)17(2,3)20(13)12-14;1-12-16(15-5-3-4-6-17(15)2)8-13-7-14(9-16)11-18(12)10-13;1-12-11-16(3)8-10-18(12)13(2)15(16)14-7-5-6-9-17(14)4/h4,7-8,11,16-18H,3,5-6,9-10,12-15H2,1-2H3;4-10,12,14,18H,11,13H2,1-3H3;5-8,13-15H,9-12H2,1-4H3;3-6,12-14H,7-11H2,1-2H3;5-7,9,12-13,15H,8,10-11H2,1-4H3/q5*+1. The van der Waals surface area contributed by atoms with Crippen LogP contribution in [0.5, 0.6) is 0 Å². The molecule has 5 aromatic heterocycles. The fourth-order valence-corrected chi connectivity index (χ4v) is 27.7. The Balaban J connectivity index is 0.0000000975. The van der Waals surface area contributed by atoms with Gasteiger partial charge in [-0.1, -0.05) is 81.6 Å². The number of fused-ring (bicyclic) bond motifs is 5. The number of piperidine rings is 13. The van der Waals surface area contributed by atoms with E-state index in [1.165, 1.54) is 171 Å². The van der Waals surface area contributed by atoms with Gasteiger partial charge in [0.15, 0.2) is 59.5 Å². The number of anilines is 1. The molecule has 19 aliphatic rings. The second-order valence-corrected chi connectivity index (χ2v) is 37.4. The second-order valence-electron chi connectivity index (χ2n) is 37.4. The molecule has 1 spiro atoms. The molecule has 534 valence electrons. The van der Waals surface area contributed by atoms with Crippen LogP contribution >= 0.6 is 0 Å². The van der Waals surface area contributed by atoms with E-state index >= 15 is 0 Å². The molecule has 25 rings (SSSR count). The van der Waals surface area contributed by atoms with Crippen LogP contribution in [0.15, 0.2) is 146 Å². The van der Waals surface area contributed by atoms with Crippen molar-refractivity contribution in [1.82, 2.24) is 19.6 Å². The molecule has 16 bridgehead atoms. The summed E-state index contributed by atoms with van der Waals surface area (Å²) in [6.45, 7) is 32.5. The van der Waals surface area contributed by atoms with Gasteiger partial charge in [-0.15, -0.1) is 0 Å². The molecule has 0 amide bonds. The second kappa shape index (κ2) is 25.7. The number of nitrogens with zero attached hydrogens (tertiary/aromatic N) is 10. The molecule has 0 radical (unpaired) electrons. The number of rotatable bonds is 5. The summed E-state index contributed by atoms with van der Waals surface area (Å²) >= 11 is 0. The van der Waals surface area contributed by atoms with Crippen LogP contribution in [-0.4, -0.2) is 106 Å². The van der Waals surface area contributed by atoms with Crippen LogP contribution in [0.2, 0.25) is 0 Å². The number of pyridine rings is 5. The van der Waals surface area contributed by atoms with E-state index in [0.29, 0.717) is 68.7 Å². The van der Waals surface area contributed by atoms with Crippen LogP contribution in [0.4, 0.5) is 5.69 Å². The van der Waals surface area contributed by atoms with Crippen LogP contribution in [0.1, 0.15) is 224 Å². The minimum absolute atomic E-state index is 0.240. The average Bonchev–Trinajstić information content (AvgIpc) is 0.696. The normalized spacial score (nSPS) is 41.4. The highest BCUT2D eigenvalue weighted by atomic mass is 15.3. The van der Waals surface area contributed by atoms with Crippen LogP contribution in [0.25, 0.3) is 0 Å². The molecule has 15 aliphatic heterocycles. The van der Waals surface area contributed by atoms with E-state index in [9.17, 15) is 0 Å². The van der Waals surface area contributed by atoms with Crippen molar-refractivity contribution in [2.24, 2.45) is 76.2 Å². The van der Waals surface area contributed by atoms with Crippen molar-refractivity contribution >= 4 is 5.69 Å². The molecule has 6 aromatic rings. The molecule has 10 nitrogen and oxygen atoms in total. The maximum atomic E-state index is 3.02. The summed E-state index contributed by atoms with van der Waals surface area (Å²) in [4.78, 5) is 13.9. The predicted octanol–water partition coefficient (Wildman–Crippen LogP) is 13.8. The maximum Gasteiger partial charge on any atom is 0.188 e. The van der Waals surface area contributed by atoms with Gasteiger partial charge in [0, 0.05) is 152 Å². The van der Waals surface area contributed by atoms with Crippen molar-refractivity contribution < 1.29 is 22.8 Å². The molecule has 21 atom stereocenters. The summed E-state index contributed by atoms with van der Waals surface area (Å²) in [5, 5.41) is 0.